The van der Waals surface area contributed by atoms with Crippen molar-refractivity contribution in [2.24, 2.45) is 0 Å². The van der Waals surface area contributed by atoms with Gasteiger partial charge in [0.2, 0.25) is 11.7 Å². The van der Waals surface area contributed by atoms with Crippen LogP contribution in [0.5, 0.6) is 17.2 Å². The zero-order chi connectivity index (χ0) is 26.5. The van der Waals surface area contributed by atoms with Gasteiger partial charge in [-0.2, -0.15) is 0 Å². The van der Waals surface area contributed by atoms with Crippen LogP contribution in [0.25, 0.3) is 0 Å². The van der Waals surface area contributed by atoms with Crippen molar-refractivity contribution in [3.8, 4) is 17.2 Å². The van der Waals surface area contributed by atoms with Crippen molar-refractivity contribution in [1.29, 1.82) is 0 Å². The molecule has 0 aliphatic carbocycles. The molecule has 0 spiro atoms. The second-order valence-electron chi connectivity index (χ2n) is 8.22. The van der Waals surface area contributed by atoms with E-state index in [-0.39, 0.29) is 23.8 Å². The third kappa shape index (κ3) is 5.64. The van der Waals surface area contributed by atoms with Gasteiger partial charge in [-0.25, -0.2) is 8.78 Å². The summed E-state index contributed by atoms with van der Waals surface area (Å²) in [4.78, 5) is 28.7. The topological polar surface area (TPSA) is 77.1 Å². The van der Waals surface area contributed by atoms with Gasteiger partial charge in [0.05, 0.1) is 21.3 Å². The number of thioether (sulfide) groups is 1. The second kappa shape index (κ2) is 11.5. The molecule has 10 heteroatoms. The predicted octanol–water partition coefficient (Wildman–Crippen LogP) is 4.56. The van der Waals surface area contributed by atoms with Gasteiger partial charge in [-0.05, 0) is 47.5 Å². The van der Waals surface area contributed by atoms with E-state index in [4.69, 9.17) is 14.2 Å². The number of rotatable bonds is 8. The number of benzene rings is 3. The van der Waals surface area contributed by atoms with Crippen molar-refractivity contribution in [3.63, 3.8) is 0 Å². The van der Waals surface area contributed by atoms with Crippen LogP contribution in [0.15, 0.2) is 60.7 Å². The molecule has 1 aliphatic rings. The fourth-order valence-electron chi connectivity index (χ4n) is 4.10. The number of carbonyl (C=O) groups is 2. The van der Waals surface area contributed by atoms with Gasteiger partial charge >= 0.3 is 0 Å². The standard InChI is InChI=1S/C27H26F2N2O5S/c1-34-22-12-18(13-23(35-2)24(22)36-3)26(33)31-21(15-37-27(31)17-6-10-20(29)11-7-17)25(32)30-14-16-4-8-19(28)9-5-16/h4-13,21,27H,14-15H2,1-3H3,(H,30,32). The van der Waals surface area contributed by atoms with Gasteiger partial charge in [0, 0.05) is 17.9 Å². The number of halogens is 2. The highest BCUT2D eigenvalue weighted by Gasteiger charge is 2.43. The maximum Gasteiger partial charge on any atom is 0.256 e. The molecule has 1 heterocycles. The molecular weight excluding hydrogens is 502 g/mol. The average molecular weight is 529 g/mol. The minimum Gasteiger partial charge on any atom is -0.493 e. The summed E-state index contributed by atoms with van der Waals surface area (Å²) in [5, 5.41) is 2.31. The maximum absolute atomic E-state index is 13.9. The molecule has 4 rings (SSSR count). The molecule has 0 radical (unpaired) electrons. The number of methoxy groups -OCH3 is 3. The number of nitrogens with zero attached hydrogens (tertiary/aromatic N) is 1. The molecule has 37 heavy (non-hydrogen) atoms. The first-order chi connectivity index (χ1) is 17.9. The predicted molar refractivity (Wildman–Crippen MR) is 136 cm³/mol. The van der Waals surface area contributed by atoms with E-state index in [1.165, 1.54) is 74.4 Å². The Bertz CT molecular complexity index is 1250. The Morgan fingerprint density at radius 2 is 1.49 bits per heavy atom. The molecule has 1 fully saturated rings. The van der Waals surface area contributed by atoms with Gasteiger partial charge in [0.1, 0.15) is 23.1 Å². The smallest absolute Gasteiger partial charge is 0.256 e. The van der Waals surface area contributed by atoms with E-state index in [2.05, 4.69) is 5.32 Å². The van der Waals surface area contributed by atoms with E-state index in [0.29, 0.717) is 28.6 Å². The molecule has 3 aromatic carbocycles. The highest BCUT2D eigenvalue weighted by molar-refractivity contribution is 7.99. The molecule has 2 amide bonds. The van der Waals surface area contributed by atoms with Crippen molar-refractivity contribution in [1.82, 2.24) is 10.2 Å². The Kier molecular flexibility index (Phi) is 8.17. The SMILES string of the molecule is COc1cc(C(=O)N2C(C(=O)NCc3ccc(F)cc3)CSC2c2ccc(F)cc2)cc(OC)c1OC. The first-order valence-electron chi connectivity index (χ1n) is 11.4. The number of amides is 2. The largest absolute Gasteiger partial charge is 0.493 e. The van der Waals surface area contributed by atoms with Crippen molar-refractivity contribution in [2.45, 2.75) is 18.0 Å². The molecule has 3 aromatic rings. The van der Waals surface area contributed by atoms with Crippen LogP contribution in [-0.4, -0.2) is 49.8 Å². The molecule has 0 bridgehead atoms. The molecule has 1 N–H and O–H groups in total. The molecule has 7 nitrogen and oxygen atoms in total. The minimum atomic E-state index is -0.813. The average Bonchev–Trinajstić information content (AvgIpc) is 3.37. The van der Waals surface area contributed by atoms with Crippen LogP contribution >= 0.6 is 11.8 Å². The van der Waals surface area contributed by atoms with Gasteiger partial charge in [-0.3, -0.25) is 9.59 Å². The summed E-state index contributed by atoms with van der Waals surface area (Å²) in [7, 11) is 4.36. The quantitative estimate of drug-likeness (QED) is 0.462. The number of hydrogen-bond donors (Lipinski definition) is 1. The van der Waals surface area contributed by atoms with Crippen LogP contribution < -0.4 is 19.5 Å². The summed E-state index contributed by atoms with van der Waals surface area (Å²) in [5.41, 5.74) is 1.64. The Labute approximate surface area is 217 Å². The Morgan fingerprint density at radius 3 is 2.03 bits per heavy atom. The number of hydrogen-bond acceptors (Lipinski definition) is 6. The first kappa shape index (κ1) is 26.3. The van der Waals surface area contributed by atoms with Crippen LogP contribution in [0.4, 0.5) is 8.78 Å². The number of nitrogens with one attached hydrogen (secondary N) is 1. The molecular formula is C27H26F2N2O5S. The van der Waals surface area contributed by atoms with Crippen molar-refractivity contribution in [3.05, 3.63) is 89.0 Å². The summed E-state index contributed by atoms with van der Waals surface area (Å²) in [6.07, 6.45) is 0. The van der Waals surface area contributed by atoms with Crippen LogP contribution in [-0.2, 0) is 11.3 Å². The van der Waals surface area contributed by atoms with Crippen LogP contribution in [0.2, 0.25) is 0 Å². The van der Waals surface area contributed by atoms with Crippen molar-refractivity contribution >= 4 is 23.6 Å². The monoisotopic (exact) mass is 528 g/mol. The lowest BCUT2D eigenvalue weighted by Crippen LogP contribution is -2.47. The van der Waals surface area contributed by atoms with E-state index in [1.807, 2.05) is 0 Å². The maximum atomic E-state index is 13.9. The van der Waals surface area contributed by atoms with Crippen molar-refractivity contribution < 1.29 is 32.6 Å². The summed E-state index contributed by atoms with van der Waals surface area (Å²) in [5.74, 6) is -0.300. The lowest BCUT2D eigenvalue weighted by molar-refractivity contribution is -0.125. The van der Waals surface area contributed by atoms with E-state index in [9.17, 15) is 18.4 Å². The minimum absolute atomic E-state index is 0.174. The van der Waals surface area contributed by atoms with Crippen LogP contribution in [0, 0.1) is 11.6 Å². The third-order valence-electron chi connectivity index (χ3n) is 5.98. The van der Waals surface area contributed by atoms with E-state index >= 15 is 0 Å². The summed E-state index contributed by atoms with van der Waals surface area (Å²) >= 11 is 1.41. The van der Waals surface area contributed by atoms with Crippen LogP contribution in [0.1, 0.15) is 26.9 Å². The molecule has 0 aromatic heterocycles. The second-order valence-corrected chi connectivity index (χ2v) is 9.34. The summed E-state index contributed by atoms with van der Waals surface area (Å²) in [6.45, 7) is 0.174. The lowest BCUT2D eigenvalue weighted by atomic mass is 10.1. The number of ether oxygens (including phenoxy) is 3. The van der Waals surface area contributed by atoms with Gasteiger partial charge in [-0.15, -0.1) is 11.8 Å². The van der Waals surface area contributed by atoms with Gasteiger partial charge in [0.15, 0.2) is 11.5 Å². The fourth-order valence-corrected chi connectivity index (χ4v) is 5.53. The Morgan fingerprint density at radius 1 is 0.919 bits per heavy atom. The number of carbonyl (C=O) groups excluding carboxylic acids is 2. The van der Waals surface area contributed by atoms with Gasteiger partial charge < -0.3 is 24.4 Å². The molecule has 1 saturated heterocycles. The van der Waals surface area contributed by atoms with Gasteiger partial charge in [0.25, 0.3) is 5.91 Å². The normalized spacial score (nSPS) is 16.8. The van der Waals surface area contributed by atoms with Crippen molar-refractivity contribution in [2.75, 3.05) is 27.1 Å². The van der Waals surface area contributed by atoms with Gasteiger partial charge in [-0.1, -0.05) is 24.3 Å². The fraction of sp³-hybridized carbons (Fsp3) is 0.259. The zero-order valence-electron chi connectivity index (χ0n) is 20.5. The molecule has 0 saturated carbocycles. The van der Waals surface area contributed by atoms with E-state index < -0.39 is 23.1 Å². The summed E-state index contributed by atoms with van der Waals surface area (Å²) in [6, 6.07) is 13.9. The summed E-state index contributed by atoms with van der Waals surface area (Å²) < 4.78 is 43.0. The first-order valence-corrected chi connectivity index (χ1v) is 12.4. The van der Waals surface area contributed by atoms with E-state index in [1.54, 1.807) is 24.3 Å². The molecule has 194 valence electrons. The Hall–Kier alpha value is -3.79. The highest BCUT2D eigenvalue weighted by atomic mass is 32.2. The third-order valence-corrected chi connectivity index (χ3v) is 7.31. The zero-order valence-corrected chi connectivity index (χ0v) is 21.3. The van der Waals surface area contributed by atoms with E-state index in [0.717, 1.165) is 5.56 Å². The molecule has 1 aliphatic heterocycles. The molecule has 2 atom stereocenters. The van der Waals surface area contributed by atoms with Crippen LogP contribution in [0.3, 0.4) is 0 Å². The lowest BCUT2D eigenvalue weighted by Gasteiger charge is -2.29. The highest BCUT2D eigenvalue weighted by Crippen LogP contribution is 2.44. The molecule has 2 unspecified atom stereocenters. The Balaban J connectivity index is 1.67.